The number of carbonyl (C=O) groups is 3. The van der Waals surface area contributed by atoms with Crippen molar-refractivity contribution in [2.24, 2.45) is 0 Å². The minimum Gasteiger partial charge on any atom is -0.462 e. The molecule has 0 saturated carbocycles. The van der Waals surface area contributed by atoms with Gasteiger partial charge in [-0.1, -0.05) is 229 Å². The van der Waals surface area contributed by atoms with E-state index in [4.69, 9.17) is 14.2 Å². The van der Waals surface area contributed by atoms with Crippen LogP contribution in [0.15, 0.2) is 72.9 Å². The molecule has 0 amide bonds. The Kier molecular flexibility index (Phi) is 50.9. The Bertz CT molecular complexity index is 1230. The van der Waals surface area contributed by atoms with Crippen LogP contribution in [0.2, 0.25) is 0 Å². The van der Waals surface area contributed by atoms with Gasteiger partial charge in [-0.2, -0.15) is 0 Å². The molecule has 0 fully saturated rings. The third-order valence-corrected chi connectivity index (χ3v) is 11.7. The van der Waals surface area contributed by atoms with E-state index in [9.17, 15) is 14.4 Å². The number of ether oxygens (including phenoxy) is 3. The molecule has 6 nitrogen and oxygen atoms in total. The highest BCUT2D eigenvalue weighted by molar-refractivity contribution is 5.71. The molecule has 0 aromatic carbocycles. The molecule has 0 saturated heterocycles. The molecule has 65 heavy (non-hydrogen) atoms. The molecule has 0 bridgehead atoms. The average molecular weight is 907 g/mol. The molecule has 0 aliphatic carbocycles. The zero-order valence-corrected chi connectivity index (χ0v) is 42.7. The molecule has 0 N–H and O–H groups in total. The van der Waals surface area contributed by atoms with Crippen LogP contribution in [0.3, 0.4) is 0 Å². The molecular weight excluding hydrogens is 805 g/mol. The zero-order valence-electron chi connectivity index (χ0n) is 42.7. The van der Waals surface area contributed by atoms with Crippen molar-refractivity contribution in [1.29, 1.82) is 0 Å². The maximum atomic E-state index is 12.8. The molecule has 0 aliphatic rings. The van der Waals surface area contributed by atoms with Crippen molar-refractivity contribution in [3.8, 4) is 0 Å². The number of rotatable bonds is 49. The van der Waals surface area contributed by atoms with Gasteiger partial charge in [0.2, 0.25) is 0 Å². The van der Waals surface area contributed by atoms with E-state index >= 15 is 0 Å². The standard InChI is InChI=1S/C59H102O6/c1-4-7-10-13-16-19-22-25-27-29-30-32-34-37-40-43-46-49-52-58(61)64-55-56(54-63-57(60)51-48-45-42-39-36-33-24-21-18-15-12-9-6-3)65-59(62)53-50-47-44-41-38-35-31-28-26-23-20-17-14-11-8-5-2/h22,25,27-33,36,42,45,56H,4-21,23-24,26,34-35,37-41,43-44,46-55H2,1-3H3/b25-22+,29-27+,31-28+,32-30+,36-33+,45-42+. The Balaban J connectivity index is 4.48. The molecule has 0 aromatic rings. The molecule has 0 aromatic heterocycles. The second-order valence-corrected chi connectivity index (χ2v) is 18.2. The molecule has 0 aliphatic heterocycles. The van der Waals surface area contributed by atoms with E-state index in [1.165, 1.54) is 128 Å². The van der Waals surface area contributed by atoms with Crippen LogP contribution in [-0.2, 0) is 28.6 Å². The number of unbranched alkanes of at least 4 members (excludes halogenated alkanes) is 28. The number of hydrogen-bond donors (Lipinski definition) is 0. The number of carbonyl (C=O) groups excluding carboxylic acids is 3. The Morgan fingerprint density at radius 1 is 0.323 bits per heavy atom. The molecule has 0 heterocycles. The van der Waals surface area contributed by atoms with E-state index < -0.39 is 6.10 Å². The van der Waals surface area contributed by atoms with Crippen LogP contribution in [0.4, 0.5) is 0 Å². The van der Waals surface area contributed by atoms with E-state index in [1.807, 2.05) is 6.08 Å². The lowest BCUT2D eigenvalue weighted by molar-refractivity contribution is -0.166. The van der Waals surface area contributed by atoms with Gasteiger partial charge >= 0.3 is 17.9 Å². The number of esters is 3. The van der Waals surface area contributed by atoms with E-state index in [1.54, 1.807) is 0 Å². The first kappa shape index (κ1) is 61.9. The first-order chi connectivity index (χ1) is 32.0. The molecule has 0 spiro atoms. The lowest BCUT2D eigenvalue weighted by atomic mass is 10.1. The second-order valence-electron chi connectivity index (χ2n) is 18.2. The van der Waals surface area contributed by atoms with Crippen LogP contribution < -0.4 is 0 Å². The van der Waals surface area contributed by atoms with Crippen molar-refractivity contribution >= 4 is 17.9 Å². The molecule has 1 atom stereocenters. The Labute approximate surface area is 402 Å². The lowest BCUT2D eigenvalue weighted by Gasteiger charge is -2.18. The third-order valence-electron chi connectivity index (χ3n) is 11.7. The van der Waals surface area contributed by atoms with Gasteiger partial charge in [0.05, 0.1) is 0 Å². The lowest BCUT2D eigenvalue weighted by Crippen LogP contribution is -2.30. The minimum atomic E-state index is -0.810. The number of allylic oxidation sites excluding steroid dienone is 12. The summed E-state index contributed by atoms with van der Waals surface area (Å²) in [6.45, 7) is 6.54. The summed E-state index contributed by atoms with van der Waals surface area (Å²) in [6, 6.07) is 0. The fourth-order valence-electron chi connectivity index (χ4n) is 7.55. The summed E-state index contributed by atoms with van der Waals surface area (Å²) in [5.41, 5.74) is 0. The minimum absolute atomic E-state index is 0.106. The summed E-state index contributed by atoms with van der Waals surface area (Å²) >= 11 is 0. The van der Waals surface area contributed by atoms with Gasteiger partial charge in [0.25, 0.3) is 0 Å². The van der Waals surface area contributed by atoms with Gasteiger partial charge in [0.15, 0.2) is 6.10 Å². The van der Waals surface area contributed by atoms with E-state index in [-0.39, 0.29) is 37.5 Å². The van der Waals surface area contributed by atoms with Crippen LogP contribution in [-0.4, -0.2) is 37.2 Å². The number of hydrogen-bond acceptors (Lipinski definition) is 6. The Morgan fingerprint density at radius 3 is 1.08 bits per heavy atom. The van der Waals surface area contributed by atoms with E-state index in [2.05, 4.69) is 87.6 Å². The molecule has 0 radical (unpaired) electrons. The fourth-order valence-corrected chi connectivity index (χ4v) is 7.55. The maximum Gasteiger partial charge on any atom is 0.306 e. The van der Waals surface area contributed by atoms with Crippen LogP contribution in [0.1, 0.15) is 265 Å². The topological polar surface area (TPSA) is 78.9 Å². The van der Waals surface area contributed by atoms with Crippen molar-refractivity contribution in [2.45, 2.75) is 271 Å². The van der Waals surface area contributed by atoms with Gasteiger partial charge in [-0.05, 0) is 89.9 Å². The molecule has 6 heteroatoms. The summed E-state index contributed by atoms with van der Waals surface area (Å²) < 4.78 is 16.7. The average Bonchev–Trinajstić information content (AvgIpc) is 3.30. The zero-order chi connectivity index (χ0) is 47.2. The highest BCUT2D eigenvalue weighted by atomic mass is 16.6. The van der Waals surface area contributed by atoms with Crippen molar-refractivity contribution < 1.29 is 28.6 Å². The van der Waals surface area contributed by atoms with Gasteiger partial charge in [0.1, 0.15) is 13.2 Å². The summed E-state index contributed by atoms with van der Waals surface area (Å²) in [5, 5.41) is 0. The van der Waals surface area contributed by atoms with Gasteiger partial charge in [-0.25, -0.2) is 0 Å². The van der Waals surface area contributed by atoms with Crippen molar-refractivity contribution in [3.63, 3.8) is 0 Å². The van der Waals surface area contributed by atoms with Gasteiger partial charge < -0.3 is 14.2 Å². The molecule has 1 unspecified atom stereocenters. The fraction of sp³-hybridized carbons (Fsp3) is 0.746. The molecular formula is C59H102O6. The third kappa shape index (κ3) is 51.7. The highest BCUT2D eigenvalue weighted by Gasteiger charge is 2.19. The van der Waals surface area contributed by atoms with Crippen LogP contribution in [0, 0.1) is 0 Å². The van der Waals surface area contributed by atoms with Gasteiger partial charge in [-0.15, -0.1) is 0 Å². The maximum absolute atomic E-state index is 12.8. The summed E-state index contributed by atoms with van der Waals surface area (Å²) in [5.74, 6) is -0.998. The first-order valence-electron chi connectivity index (χ1n) is 27.5. The quantitative estimate of drug-likeness (QED) is 0.0199. The summed E-state index contributed by atoms with van der Waals surface area (Å²) in [7, 11) is 0. The van der Waals surface area contributed by atoms with Crippen LogP contribution in [0.25, 0.3) is 0 Å². The second kappa shape index (κ2) is 53.5. The normalized spacial score (nSPS) is 12.6. The van der Waals surface area contributed by atoms with Crippen molar-refractivity contribution in [1.82, 2.24) is 0 Å². The SMILES string of the molecule is CCCCCCC/C=C/C=C/C=C/CCCCCCCC(=O)OCC(COC(=O)CC/C=C/C/C=C/CCCCCCCC)OC(=O)CCCCCCC/C=C/CCCCCCCCC. The van der Waals surface area contributed by atoms with Gasteiger partial charge in [0, 0.05) is 19.3 Å². The monoisotopic (exact) mass is 907 g/mol. The molecule has 374 valence electrons. The van der Waals surface area contributed by atoms with Gasteiger partial charge in [-0.3, -0.25) is 14.4 Å². The summed E-state index contributed by atoms with van der Waals surface area (Å²) in [4.78, 5) is 38.0. The Hall–Kier alpha value is -3.15. The van der Waals surface area contributed by atoms with Crippen molar-refractivity contribution in [3.05, 3.63) is 72.9 Å². The first-order valence-corrected chi connectivity index (χ1v) is 27.5. The Morgan fingerprint density at radius 2 is 0.646 bits per heavy atom. The smallest absolute Gasteiger partial charge is 0.306 e. The molecule has 0 rings (SSSR count). The van der Waals surface area contributed by atoms with Crippen LogP contribution in [0.5, 0.6) is 0 Å². The van der Waals surface area contributed by atoms with E-state index in [0.717, 1.165) is 89.9 Å². The van der Waals surface area contributed by atoms with E-state index in [0.29, 0.717) is 19.3 Å². The summed E-state index contributed by atoms with van der Waals surface area (Å²) in [6.07, 6.45) is 67.5. The van der Waals surface area contributed by atoms with Crippen molar-refractivity contribution in [2.75, 3.05) is 13.2 Å². The highest BCUT2D eigenvalue weighted by Crippen LogP contribution is 2.14. The predicted molar refractivity (Wildman–Crippen MR) is 279 cm³/mol. The van der Waals surface area contributed by atoms with Crippen LogP contribution >= 0.6 is 0 Å². The predicted octanol–water partition coefficient (Wildman–Crippen LogP) is 18.2. The largest absolute Gasteiger partial charge is 0.462 e.